The van der Waals surface area contributed by atoms with Crippen molar-refractivity contribution in [2.45, 2.75) is 56.4 Å². The number of hydrogen-bond donors (Lipinski definition) is 1. The maximum Gasteiger partial charge on any atom is 0.349 e. The minimum absolute atomic E-state index is 0.140. The normalized spacial score (nSPS) is 19.0. The summed E-state index contributed by atoms with van der Waals surface area (Å²) in [5, 5.41) is 13.3. The third-order valence-electron chi connectivity index (χ3n) is 5.91. The number of hydrogen-bond acceptors (Lipinski definition) is 4. The molecule has 1 aliphatic heterocycles. The van der Waals surface area contributed by atoms with Gasteiger partial charge in [-0.1, -0.05) is 92.7 Å². The van der Waals surface area contributed by atoms with Crippen LogP contribution in [0, 0.1) is 0 Å². The molecule has 3 nitrogen and oxygen atoms in total. The first-order chi connectivity index (χ1) is 15.0. The van der Waals surface area contributed by atoms with Crippen molar-refractivity contribution in [3.8, 4) is 0 Å². The second kappa shape index (κ2) is 9.19. The molecule has 0 saturated carbocycles. The van der Waals surface area contributed by atoms with Crippen LogP contribution in [0.1, 0.15) is 44.2 Å². The SMILES string of the molecule is CCCC1(Cc2cccc3ccccc23)CC(O)=C(Sc2ccccc2CC)C(=O)O1. The highest BCUT2D eigenvalue weighted by molar-refractivity contribution is 8.04. The van der Waals surface area contributed by atoms with Gasteiger partial charge in [0.1, 0.15) is 16.3 Å². The molecule has 0 aromatic heterocycles. The number of rotatable bonds is 7. The molecule has 0 bridgehead atoms. The van der Waals surface area contributed by atoms with Crippen molar-refractivity contribution >= 4 is 28.5 Å². The molecule has 1 atom stereocenters. The fourth-order valence-corrected chi connectivity index (χ4v) is 5.49. The van der Waals surface area contributed by atoms with Crippen molar-refractivity contribution in [1.82, 2.24) is 0 Å². The quantitative estimate of drug-likeness (QED) is 0.409. The molecule has 0 spiro atoms. The van der Waals surface area contributed by atoms with Crippen LogP contribution in [-0.4, -0.2) is 16.7 Å². The van der Waals surface area contributed by atoms with Crippen LogP contribution >= 0.6 is 11.8 Å². The first-order valence-corrected chi connectivity index (χ1v) is 11.7. The van der Waals surface area contributed by atoms with Crippen LogP contribution in [0.2, 0.25) is 0 Å². The number of fused-ring (bicyclic) bond motifs is 1. The van der Waals surface area contributed by atoms with E-state index in [2.05, 4.69) is 44.2 Å². The number of ether oxygens (including phenoxy) is 1. The Bertz CT molecular complexity index is 1130. The van der Waals surface area contributed by atoms with Crippen molar-refractivity contribution in [1.29, 1.82) is 0 Å². The van der Waals surface area contributed by atoms with E-state index >= 15 is 0 Å². The van der Waals surface area contributed by atoms with Gasteiger partial charge in [-0.15, -0.1) is 0 Å². The fourth-order valence-electron chi connectivity index (χ4n) is 4.46. The maximum atomic E-state index is 13.1. The smallest absolute Gasteiger partial charge is 0.349 e. The van der Waals surface area contributed by atoms with E-state index in [-0.39, 0.29) is 5.76 Å². The van der Waals surface area contributed by atoms with Gasteiger partial charge in [-0.3, -0.25) is 0 Å². The van der Waals surface area contributed by atoms with Crippen molar-refractivity contribution in [2.24, 2.45) is 0 Å². The first kappa shape index (κ1) is 21.5. The molecule has 0 amide bonds. The van der Waals surface area contributed by atoms with Gasteiger partial charge < -0.3 is 9.84 Å². The summed E-state index contributed by atoms with van der Waals surface area (Å²) < 4.78 is 6.12. The number of thioether (sulfide) groups is 1. The minimum atomic E-state index is -0.728. The van der Waals surface area contributed by atoms with Gasteiger partial charge in [0.15, 0.2) is 0 Å². The van der Waals surface area contributed by atoms with E-state index in [0.29, 0.717) is 24.2 Å². The largest absolute Gasteiger partial charge is 0.511 e. The molecular weight excluding hydrogens is 404 g/mol. The lowest BCUT2D eigenvalue weighted by atomic mass is 9.83. The molecule has 1 N–H and O–H groups in total. The minimum Gasteiger partial charge on any atom is -0.511 e. The third kappa shape index (κ3) is 4.49. The van der Waals surface area contributed by atoms with E-state index in [1.54, 1.807) is 0 Å². The lowest BCUT2D eigenvalue weighted by molar-refractivity contribution is -0.158. The topological polar surface area (TPSA) is 46.5 Å². The fraction of sp³-hybridized carbons (Fsp3) is 0.296. The molecule has 0 aliphatic carbocycles. The van der Waals surface area contributed by atoms with Gasteiger partial charge in [-0.2, -0.15) is 0 Å². The Morgan fingerprint density at radius 2 is 1.68 bits per heavy atom. The molecule has 4 rings (SSSR count). The van der Waals surface area contributed by atoms with Crippen LogP contribution in [-0.2, 0) is 22.4 Å². The Morgan fingerprint density at radius 1 is 0.968 bits per heavy atom. The molecule has 31 heavy (non-hydrogen) atoms. The average molecular weight is 433 g/mol. The number of benzene rings is 3. The molecule has 0 fully saturated rings. The van der Waals surface area contributed by atoms with Crippen LogP contribution in [0.5, 0.6) is 0 Å². The predicted octanol–water partition coefficient (Wildman–Crippen LogP) is 6.99. The maximum absolute atomic E-state index is 13.1. The molecule has 1 heterocycles. The molecule has 4 heteroatoms. The summed E-state index contributed by atoms with van der Waals surface area (Å²) in [6.45, 7) is 4.17. The average Bonchev–Trinajstić information content (AvgIpc) is 2.77. The van der Waals surface area contributed by atoms with Gasteiger partial charge in [0.2, 0.25) is 0 Å². The van der Waals surface area contributed by atoms with Crippen LogP contribution in [0.25, 0.3) is 10.8 Å². The number of esters is 1. The Morgan fingerprint density at radius 3 is 2.45 bits per heavy atom. The van der Waals surface area contributed by atoms with Crippen molar-refractivity contribution in [3.05, 3.63) is 88.5 Å². The molecule has 1 aliphatic rings. The zero-order chi connectivity index (χ0) is 21.8. The van der Waals surface area contributed by atoms with Crippen molar-refractivity contribution in [2.75, 3.05) is 0 Å². The lowest BCUT2D eigenvalue weighted by Crippen LogP contribution is -2.41. The van der Waals surface area contributed by atoms with Crippen molar-refractivity contribution < 1.29 is 14.6 Å². The van der Waals surface area contributed by atoms with Crippen LogP contribution in [0.3, 0.4) is 0 Å². The van der Waals surface area contributed by atoms with E-state index in [0.717, 1.165) is 34.3 Å². The molecule has 0 radical (unpaired) electrons. The van der Waals surface area contributed by atoms with Gasteiger partial charge >= 0.3 is 5.97 Å². The van der Waals surface area contributed by atoms with Crippen LogP contribution in [0.4, 0.5) is 0 Å². The first-order valence-electron chi connectivity index (χ1n) is 10.9. The second-order valence-electron chi connectivity index (χ2n) is 8.15. The summed E-state index contributed by atoms with van der Waals surface area (Å²) in [7, 11) is 0. The summed E-state index contributed by atoms with van der Waals surface area (Å²) in [5.74, 6) is -0.283. The van der Waals surface area contributed by atoms with Gasteiger partial charge in [0.05, 0.1) is 0 Å². The van der Waals surface area contributed by atoms with Crippen molar-refractivity contribution in [3.63, 3.8) is 0 Å². The molecular formula is C27H28O3S. The molecule has 3 aromatic carbocycles. The summed E-state index contributed by atoms with van der Waals surface area (Å²) in [6, 6.07) is 22.5. The molecule has 160 valence electrons. The van der Waals surface area contributed by atoms with Crippen LogP contribution in [0.15, 0.2) is 82.3 Å². The standard InChI is InChI=1S/C27H28O3S/c1-3-16-27(17-21-13-9-12-20-11-5-7-14-22(20)21)18-23(28)25(26(29)30-27)31-24-15-8-6-10-19(24)4-2/h5-15,28H,3-4,16-18H2,1-2H3. The van der Waals surface area contributed by atoms with Gasteiger partial charge in [-0.05, 0) is 40.8 Å². The van der Waals surface area contributed by atoms with E-state index in [1.165, 1.54) is 17.1 Å². The zero-order valence-electron chi connectivity index (χ0n) is 18.1. The highest BCUT2D eigenvalue weighted by Gasteiger charge is 2.42. The Balaban J connectivity index is 1.66. The summed E-state index contributed by atoms with van der Waals surface area (Å²) in [6.07, 6.45) is 3.36. The lowest BCUT2D eigenvalue weighted by Gasteiger charge is -2.37. The zero-order valence-corrected chi connectivity index (χ0v) is 18.9. The summed E-state index contributed by atoms with van der Waals surface area (Å²) in [5.41, 5.74) is 1.57. The molecule has 3 aromatic rings. The van der Waals surface area contributed by atoms with Crippen LogP contribution < -0.4 is 0 Å². The summed E-state index contributed by atoms with van der Waals surface area (Å²) in [4.78, 5) is 14.4. The summed E-state index contributed by atoms with van der Waals surface area (Å²) >= 11 is 1.31. The Labute approximate surface area is 188 Å². The number of cyclic esters (lactones) is 1. The number of carbonyl (C=O) groups excluding carboxylic acids is 1. The number of carbonyl (C=O) groups is 1. The van der Waals surface area contributed by atoms with E-state index in [4.69, 9.17) is 4.74 Å². The van der Waals surface area contributed by atoms with Gasteiger partial charge in [-0.25, -0.2) is 4.79 Å². The predicted molar refractivity (Wildman–Crippen MR) is 127 cm³/mol. The number of aliphatic hydroxyl groups excluding tert-OH is 1. The highest BCUT2D eigenvalue weighted by Crippen LogP contribution is 2.42. The monoisotopic (exact) mass is 432 g/mol. The van der Waals surface area contributed by atoms with E-state index in [9.17, 15) is 9.90 Å². The second-order valence-corrected chi connectivity index (χ2v) is 9.21. The highest BCUT2D eigenvalue weighted by atomic mass is 32.2. The Hall–Kier alpha value is -2.72. The van der Waals surface area contributed by atoms with E-state index in [1.807, 2.05) is 36.4 Å². The van der Waals surface area contributed by atoms with Gasteiger partial charge in [0, 0.05) is 17.7 Å². The molecule has 1 unspecified atom stereocenters. The molecule has 0 saturated heterocycles. The number of aliphatic hydroxyl groups is 1. The third-order valence-corrected chi connectivity index (χ3v) is 7.13. The van der Waals surface area contributed by atoms with Gasteiger partial charge in [0.25, 0.3) is 0 Å². The Kier molecular flexibility index (Phi) is 6.38. The van der Waals surface area contributed by atoms with E-state index < -0.39 is 11.6 Å². The number of aryl methyl sites for hydroxylation is 1.